The molecule has 0 atom stereocenters. The van der Waals surface area contributed by atoms with E-state index in [0.29, 0.717) is 58.7 Å². The number of aryl methyl sites for hydroxylation is 1. The van der Waals surface area contributed by atoms with Crippen molar-refractivity contribution in [1.29, 1.82) is 0 Å². The van der Waals surface area contributed by atoms with Gasteiger partial charge in [0.2, 0.25) is 0 Å². The zero-order valence-corrected chi connectivity index (χ0v) is 16.7. The molecule has 0 amide bonds. The Labute approximate surface area is 171 Å². The van der Waals surface area contributed by atoms with Crippen LogP contribution in [0.25, 0.3) is 11.4 Å². The Morgan fingerprint density at radius 3 is 2.68 bits per heavy atom. The second kappa shape index (κ2) is 7.66. The van der Waals surface area contributed by atoms with E-state index in [1.165, 1.54) is 6.07 Å². The van der Waals surface area contributed by atoms with Crippen molar-refractivity contribution in [1.82, 2.24) is 14.9 Å². The van der Waals surface area contributed by atoms with Crippen molar-refractivity contribution in [3.63, 3.8) is 0 Å². The molecule has 144 valence electrons. The minimum absolute atomic E-state index is 0.130. The average molecular weight is 418 g/mol. The van der Waals surface area contributed by atoms with Crippen molar-refractivity contribution < 1.29 is 4.39 Å². The van der Waals surface area contributed by atoms with Gasteiger partial charge in [-0.25, -0.2) is 9.37 Å². The fourth-order valence-corrected chi connectivity index (χ4v) is 3.80. The molecule has 7 heteroatoms. The van der Waals surface area contributed by atoms with Crippen LogP contribution in [-0.4, -0.2) is 21.4 Å². The summed E-state index contributed by atoms with van der Waals surface area (Å²) in [5, 5.41) is 1.07. The summed E-state index contributed by atoms with van der Waals surface area (Å²) in [6, 6.07) is 10.3. The molecule has 0 saturated carbocycles. The Kier molecular flexibility index (Phi) is 5.23. The third kappa shape index (κ3) is 3.70. The summed E-state index contributed by atoms with van der Waals surface area (Å²) in [4.78, 5) is 22.1. The van der Waals surface area contributed by atoms with E-state index >= 15 is 0 Å². The number of nitrogens with one attached hydrogen (secondary N) is 1. The van der Waals surface area contributed by atoms with E-state index in [1.807, 2.05) is 19.1 Å². The molecule has 0 radical (unpaired) electrons. The molecule has 3 aromatic rings. The van der Waals surface area contributed by atoms with Gasteiger partial charge in [-0.15, -0.1) is 0 Å². The maximum absolute atomic E-state index is 14.3. The lowest BCUT2D eigenvalue weighted by molar-refractivity contribution is 0.237. The highest BCUT2D eigenvalue weighted by molar-refractivity contribution is 6.32. The van der Waals surface area contributed by atoms with Crippen LogP contribution in [0.15, 0.2) is 41.2 Å². The van der Waals surface area contributed by atoms with Crippen LogP contribution in [-0.2, 0) is 19.5 Å². The van der Waals surface area contributed by atoms with Gasteiger partial charge >= 0.3 is 0 Å². The number of H-pyrrole nitrogens is 1. The molecule has 0 aliphatic carbocycles. The highest BCUT2D eigenvalue weighted by Crippen LogP contribution is 2.27. The lowest BCUT2D eigenvalue weighted by Gasteiger charge is -2.28. The van der Waals surface area contributed by atoms with Crippen LogP contribution < -0.4 is 5.56 Å². The minimum Gasteiger partial charge on any atom is -0.306 e. The van der Waals surface area contributed by atoms with Gasteiger partial charge in [-0.05, 0) is 49.2 Å². The molecular formula is C21H18Cl2FN3O. The number of benzene rings is 2. The maximum atomic E-state index is 14.3. The normalized spacial score (nSPS) is 14.1. The van der Waals surface area contributed by atoms with Crippen LogP contribution in [0, 0.1) is 12.7 Å². The summed E-state index contributed by atoms with van der Waals surface area (Å²) in [6.45, 7) is 3.33. The van der Waals surface area contributed by atoms with E-state index in [2.05, 4.69) is 14.9 Å². The van der Waals surface area contributed by atoms with Crippen LogP contribution in [0.4, 0.5) is 4.39 Å². The minimum atomic E-state index is -0.317. The summed E-state index contributed by atoms with van der Waals surface area (Å²) in [7, 11) is 0. The molecule has 0 saturated heterocycles. The van der Waals surface area contributed by atoms with Crippen molar-refractivity contribution >= 4 is 23.2 Å². The first-order chi connectivity index (χ1) is 13.4. The predicted molar refractivity (Wildman–Crippen MR) is 109 cm³/mol. The van der Waals surface area contributed by atoms with Crippen molar-refractivity contribution in [2.24, 2.45) is 0 Å². The molecule has 1 aliphatic heterocycles. The van der Waals surface area contributed by atoms with E-state index in [4.69, 9.17) is 23.2 Å². The number of hydrogen-bond donors (Lipinski definition) is 1. The number of rotatable bonds is 3. The van der Waals surface area contributed by atoms with Crippen molar-refractivity contribution in [2.75, 3.05) is 6.54 Å². The lowest BCUT2D eigenvalue weighted by atomic mass is 10.0. The Balaban J connectivity index is 1.64. The number of aromatic nitrogens is 2. The number of fused-ring (bicyclic) bond motifs is 1. The first kappa shape index (κ1) is 19.1. The van der Waals surface area contributed by atoms with E-state index in [9.17, 15) is 9.18 Å². The Morgan fingerprint density at radius 1 is 1.18 bits per heavy atom. The second-order valence-corrected chi connectivity index (χ2v) is 7.78. The van der Waals surface area contributed by atoms with Crippen LogP contribution in [0.2, 0.25) is 10.0 Å². The Bertz CT molecular complexity index is 1100. The zero-order valence-electron chi connectivity index (χ0n) is 15.2. The number of halogens is 3. The third-order valence-corrected chi connectivity index (χ3v) is 5.81. The van der Waals surface area contributed by atoms with Gasteiger partial charge in [0.25, 0.3) is 5.56 Å². The molecule has 0 fully saturated rings. The molecule has 4 rings (SSSR count). The van der Waals surface area contributed by atoms with E-state index in [1.54, 1.807) is 18.2 Å². The van der Waals surface area contributed by atoms with Crippen LogP contribution >= 0.6 is 23.2 Å². The fourth-order valence-electron chi connectivity index (χ4n) is 3.46. The number of aromatic amines is 1. The third-order valence-electron chi connectivity index (χ3n) is 5.03. The van der Waals surface area contributed by atoms with Gasteiger partial charge in [0.1, 0.15) is 11.6 Å². The van der Waals surface area contributed by atoms with Crippen molar-refractivity contribution in [3.8, 4) is 11.4 Å². The highest BCUT2D eigenvalue weighted by Gasteiger charge is 2.23. The SMILES string of the molecule is Cc1ccc(F)c(CN2CCc3c(nc(-c4ccc(Cl)cc4)[nH]c3=O)C2)c1Cl. The average Bonchev–Trinajstić information content (AvgIpc) is 2.68. The molecule has 4 nitrogen and oxygen atoms in total. The molecule has 28 heavy (non-hydrogen) atoms. The first-order valence-electron chi connectivity index (χ1n) is 8.96. The smallest absolute Gasteiger partial charge is 0.254 e. The molecular weight excluding hydrogens is 400 g/mol. The molecule has 1 aliphatic rings. The standard InChI is InChI=1S/C21H18Cl2FN3O/c1-12-2-7-17(24)16(19(12)23)10-27-9-8-15-18(11-27)25-20(26-21(15)28)13-3-5-14(22)6-4-13/h2-7H,8-11H2,1H3,(H,25,26,28). The quantitative estimate of drug-likeness (QED) is 0.668. The number of hydrogen-bond acceptors (Lipinski definition) is 3. The van der Waals surface area contributed by atoms with Crippen LogP contribution in [0.3, 0.4) is 0 Å². The molecule has 2 aromatic carbocycles. The molecule has 0 spiro atoms. The summed E-state index contributed by atoms with van der Waals surface area (Å²) in [6.07, 6.45) is 0.559. The van der Waals surface area contributed by atoms with Crippen LogP contribution in [0.1, 0.15) is 22.4 Å². The second-order valence-electron chi connectivity index (χ2n) is 6.96. The van der Waals surface area contributed by atoms with Crippen molar-refractivity contribution in [3.05, 3.63) is 85.0 Å². The summed E-state index contributed by atoms with van der Waals surface area (Å²) in [5.41, 5.74) is 3.38. The van der Waals surface area contributed by atoms with E-state index < -0.39 is 0 Å². The Hall–Kier alpha value is -2.21. The van der Waals surface area contributed by atoms with Gasteiger partial charge in [0.05, 0.1) is 10.7 Å². The number of nitrogens with zero attached hydrogens (tertiary/aromatic N) is 2. The van der Waals surface area contributed by atoms with Gasteiger partial charge in [-0.1, -0.05) is 29.3 Å². The first-order valence-corrected chi connectivity index (χ1v) is 9.72. The summed E-state index contributed by atoms with van der Waals surface area (Å²) >= 11 is 12.3. The molecule has 0 unspecified atom stereocenters. The predicted octanol–water partition coefficient (Wildman–Crippen LogP) is 4.75. The van der Waals surface area contributed by atoms with E-state index in [0.717, 1.165) is 11.1 Å². The van der Waals surface area contributed by atoms with Gasteiger partial charge in [-0.3, -0.25) is 9.69 Å². The summed E-state index contributed by atoms with van der Waals surface area (Å²) < 4.78 is 14.3. The fraction of sp³-hybridized carbons (Fsp3) is 0.238. The molecule has 2 heterocycles. The Morgan fingerprint density at radius 2 is 1.93 bits per heavy atom. The molecule has 0 bridgehead atoms. The molecule has 1 N–H and O–H groups in total. The highest BCUT2D eigenvalue weighted by atomic mass is 35.5. The maximum Gasteiger partial charge on any atom is 0.254 e. The monoisotopic (exact) mass is 417 g/mol. The lowest BCUT2D eigenvalue weighted by Crippen LogP contribution is -2.35. The largest absolute Gasteiger partial charge is 0.306 e. The van der Waals surface area contributed by atoms with E-state index in [-0.39, 0.29) is 11.4 Å². The summed E-state index contributed by atoms with van der Waals surface area (Å²) in [5.74, 6) is 0.184. The van der Waals surface area contributed by atoms with Gasteiger partial charge in [0.15, 0.2) is 0 Å². The van der Waals surface area contributed by atoms with Gasteiger partial charge in [0, 0.05) is 41.3 Å². The van der Waals surface area contributed by atoms with Gasteiger partial charge < -0.3 is 4.98 Å². The van der Waals surface area contributed by atoms with Gasteiger partial charge in [-0.2, -0.15) is 0 Å². The molecule has 1 aromatic heterocycles. The van der Waals surface area contributed by atoms with Crippen molar-refractivity contribution in [2.45, 2.75) is 26.4 Å². The topological polar surface area (TPSA) is 49.0 Å². The van der Waals surface area contributed by atoms with Crippen LogP contribution in [0.5, 0.6) is 0 Å². The zero-order chi connectivity index (χ0) is 19.8.